The number of unbranched alkanes of at least 4 members (excludes halogenated alkanes) is 7. The van der Waals surface area contributed by atoms with Crippen molar-refractivity contribution in [2.75, 3.05) is 6.61 Å². The topological polar surface area (TPSA) is 46.5 Å². The first kappa shape index (κ1) is 20.0. The monoisotopic (exact) mass is 354 g/mol. The predicted octanol–water partition coefficient (Wildman–Crippen LogP) is 6.33. The Hall–Kier alpha value is -2.29. The highest BCUT2D eigenvalue weighted by Gasteiger charge is 2.05. The highest BCUT2D eigenvalue weighted by atomic mass is 16.5. The van der Waals surface area contributed by atoms with Gasteiger partial charge in [-0.2, -0.15) is 0 Å². The molecule has 140 valence electrons. The Labute approximate surface area is 157 Å². The molecule has 2 rings (SSSR count). The number of carboxylic acids is 1. The van der Waals surface area contributed by atoms with Crippen LogP contribution in [0, 0.1) is 0 Å². The fourth-order valence-corrected chi connectivity index (χ4v) is 3.07. The quantitative estimate of drug-likeness (QED) is 0.428. The molecule has 26 heavy (non-hydrogen) atoms. The molecule has 0 atom stereocenters. The maximum Gasteiger partial charge on any atom is 0.303 e. The van der Waals surface area contributed by atoms with Gasteiger partial charge in [0.15, 0.2) is 0 Å². The zero-order valence-corrected chi connectivity index (χ0v) is 15.5. The molecule has 2 aromatic carbocycles. The van der Waals surface area contributed by atoms with Gasteiger partial charge in [-0.1, -0.05) is 87.1 Å². The van der Waals surface area contributed by atoms with E-state index in [1.807, 2.05) is 36.4 Å². The summed E-state index contributed by atoms with van der Waals surface area (Å²) in [6.07, 6.45) is 9.21. The van der Waals surface area contributed by atoms with Crippen molar-refractivity contribution in [2.45, 2.75) is 57.8 Å². The summed E-state index contributed by atoms with van der Waals surface area (Å²) in [5.41, 5.74) is 2.33. The molecule has 0 bridgehead atoms. The maximum atomic E-state index is 10.4. The van der Waals surface area contributed by atoms with E-state index in [9.17, 15) is 4.79 Å². The molecule has 0 amide bonds. The van der Waals surface area contributed by atoms with E-state index in [2.05, 4.69) is 18.2 Å². The number of rotatable bonds is 13. The number of carboxylic acid groups (broad SMARTS) is 1. The fraction of sp³-hybridized carbons (Fsp3) is 0.435. The molecule has 0 aromatic heterocycles. The normalized spacial score (nSPS) is 10.6. The third-order valence-electron chi connectivity index (χ3n) is 4.51. The Morgan fingerprint density at radius 2 is 1.31 bits per heavy atom. The molecule has 0 saturated carbocycles. The molecule has 3 nitrogen and oxygen atoms in total. The van der Waals surface area contributed by atoms with Crippen LogP contribution in [0.4, 0.5) is 0 Å². The summed E-state index contributed by atoms with van der Waals surface area (Å²) >= 11 is 0. The van der Waals surface area contributed by atoms with Crippen LogP contribution in [0.2, 0.25) is 0 Å². The number of carbonyl (C=O) groups is 1. The van der Waals surface area contributed by atoms with Crippen LogP contribution in [0.3, 0.4) is 0 Å². The Morgan fingerprint density at radius 3 is 2.00 bits per heavy atom. The maximum absolute atomic E-state index is 10.4. The average molecular weight is 354 g/mol. The Morgan fingerprint density at radius 1 is 0.731 bits per heavy atom. The summed E-state index contributed by atoms with van der Waals surface area (Å²) in [7, 11) is 0. The van der Waals surface area contributed by atoms with E-state index >= 15 is 0 Å². The average Bonchev–Trinajstić information content (AvgIpc) is 2.67. The van der Waals surface area contributed by atoms with Gasteiger partial charge in [-0.05, 0) is 24.5 Å². The van der Waals surface area contributed by atoms with Crippen LogP contribution in [0.15, 0.2) is 54.6 Å². The number of para-hydroxylation sites is 1. The van der Waals surface area contributed by atoms with E-state index in [0.717, 1.165) is 43.6 Å². The van der Waals surface area contributed by atoms with Gasteiger partial charge in [0.25, 0.3) is 0 Å². The van der Waals surface area contributed by atoms with Crippen molar-refractivity contribution in [3.8, 4) is 16.9 Å². The second-order valence-electron chi connectivity index (χ2n) is 6.68. The Balaban J connectivity index is 1.57. The van der Waals surface area contributed by atoms with Crippen molar-refractivity contribution in [1.82, 2.24) is 0 Å². The fourth-order valence-electron chi connectivity index (χ4n) is 3.07. The van der Waals surface area contributed by atoms with Crippen molar-refractivity contribution >= 4 is 5.97 Å². The molecule has 1 N–H and O–H groups in total. The minimum Gasteiger partial charge on any atom is -0.493 e. The van der Waals surface area contributed by atoms with Crippen LogP contribution in [-0.4, -0.2) is 17.7 Å². The lowest BCUT2D eigenvalue weighted by Gasteiger charge is -2.11. The Bertz CT molecular complexity index is 637. The molecule has 0 radical (unpaired) electrons. The van der Waals surface area contributed by atoms with Crippen LogP contribution in [-0.2, 0) is 4.79 Å². The van der Waals surface area contributed by atoms with Gasteiger partial charge in [0.05, 0.1) is 6.61 Å². The molecule has 0 spiro atoms. The van der Waals surface area contributed by atoms with E-state index in [-0.39, 0.29) is 0 Å². The van der Waals surface area contributed by atoms with Gasteiger partial charge in [0, 0.05) is 12.0 Å². The highest BCUT2D eigenvalue weighted by molar-refractivity contribution is 5.70. The molecule has 0 saturated heterocycles. The molecule has 2 aromatic rings. The van der Waals surface area contributed by atoms with Crippen LogP contribution >= 0.6 is 0 Å². The number of benzene rings is 2. The van der Waals surface area contributed by atoms with Crippen LogP contribution in [0.5, 0.6) is 5.75 Å². The van der Waals surface area contributed by atoms with Crippen molar-refractivity contribution in [1.29, 1.82) is 0 Å². The largest absolute Gasteiger partial charge is 0.493 e. The molecule has 0 aliphatic rings. The number of hydrogen-bond acceptors (Lipinski definition) is 2. The molecule has 3 heteroatoms. The summed E-state index contributed by atoms with van der Waals surface area (Å²) < 4.78 is 6.02. The van der Waals surface area contributed by atoms with Crippen LogP contribution in [0.25, 0.3) is 11.1 Å². The Kier molecular flexibility index (Phi) is 9.34. The minimum absolute atomic E-state index is 0.307. The minimum atomic E-state index is -0.682. The standard InChI is InChI=1S/C23H30O3/c24-23(25)18-10-5-3-1-2-4-6-13-19-26-22-17-12-11-16-21(22)20-14-8-7-9-15-20/h7-9,11-12,14-17H,1-6,10,13,18-19H2,(H,24,25). The van der Waals surface area contributed by atoms with Crippen molar-refractivity contribution in [3.63, 3.8) is 0 Å². The summed E-state index contributed by atoms with van der Waals surface area (Å²) in [5.74, 6) is 0.274. The van der Waals surface area contributed by atoms with E-state index in [1.165, 1.54) is 31.2 Å². The summed E-state index contributed by atoms with van der Waals surface area (Å²) in [6.45, 7) is 0.752. The van der Waals surface area contributed by atoms with Gasteiger partial charge >= 0.3 is 5.97 Å². The summed E-state index contributed by atoms with van der Waals surface area (Å²) in [5, 5.41) is 8.59. The van der Waals surface area contributed by atoms with Gasteiger partial charge in [0.1, 0.15) is 5.75 Å². The second-order valence-corrected chi connectivity index (χ2v) is 6.68. The second kappa shape index (κ2) is 12.1. The van der Waals surface area contributed by atoms with E-state index < -0.39 is 5.97 Å². The van der Waals surface area contributed by atoms with Crippen molar-refractivity contribution in [2.24, 2.45) is 0 Å². The van der Waals surface area contributed by atoms with Gasteiger partial charge in [-0.15, -0.1) is 0 Å². The predicted molar refractivity (Wildman–Crippen MR) is 107 cm³/mol. The van der Waals surface area contributed by atoms with E-state index in [0.29, 0.717) is 6.42 Å². The number of hydrogen-bond donors (Lipinski definition) is 1. The zero-order valence-electron chi connectivity index (χ0n) is 15.5. The first-order chi connectivity index (χ1) is 12.8. The van der Waals surface area contributed by atoms with Crippen molar-refractivity contribution in [3.05, 3.63) is 54.6 Å². The van der Waals surface area contributed by atoms with E-state index in [1.54, 1.807) is 0 Å². The van der Waals surface area contributed by atoms with Crippen molar-refractivity contribution < 1.29 is 14.6 Å². The molecule has 0 aliphatic heterocycles. The molecule has 0 aliphatic carbocycles. The summed E-state index contributed by atoms with van der Waals surface area (Å²) in [6, 6.07) is 18.6. The number of aliphatic carboxylic acids is 1. The van der Waals surface area contributed by atoms with Gasteiger partial charge in [-0.3, -0.25) is 4.79 Å². The van der Waals surface area contributed by atoms with Gasteiger partial charge < -0.3 is 9.84 Å². The molecule has 0 fully saturated rings. The summed E-state index contributed by atoms with van der Waals surface area (Å²) in [4.78, 5) is 10.4. The third-order valence-corrected chi connectivity index (χ3v) is 4.51. The van der Waals surface area contributed by atoms with E-state index in [4.69, 9.17) is 9.84 Å². The van der Waals surface area contributed by atoms with Crippen LogP contribution < -0.4 is 4.74 Å². The number of ether oxygens (including phenoxy) is 1. The first-order valence-corrected chi connectivity index (χ1v) is 9.76. The lowest BCUT2D eigenvalue weighted by Crippen LogP contribution is -1.98. The smallest absolute Gasteiger partial charge is 0.303 e. The lowest BCUT2D eigenvalue weighted by molar-refractivity contribution is -0.137. The molecule has 0 heterocycles. The molecular formula is C23H30O3. The SMILES string of the molecule is O=C(O)CCCCCCCCCCOc1ccccc1-c1ccccc1. The first-order valence-electron chi connectivity index (χ1n) is 9.76. The molecule has 0 unspecified atom stereocenters. The molecular weight excluding hydrogens is 324 g/mol. The van der Waals surface area contributed by atoms with Gasteiger partial charge in [0.2, 0.25) is 0 Å². The zero-order chi connectivity index (χ0) is 18.5. The van der Waals surface area contributed by atoms with Crippen LogP contribution in [0.1, 0.15) is 57.8 Å². The third kappa shape index (κ3) is 7.73. The van der Waals surface area contributed by atoms with Gasteiger partial charge in [-0.25, -0.2) is 0 Å². The highest BCUT2D eigenvalue weighted by Crippen LogP contribution is 2.29. The lowest BCUT2D eigenvalue weighted by atomic mass is 10.0.